The van der Waals surface area contributed by atoms with E-state index in [0.717, 1.165) is 38.5 Å². The van der Waals surface area contributed by atoms with Crippen LogP contribution in [0.15, 0.2) is 0 Å². The maximum absolute atomic E-state index is 11.5. The van der Waals surface area contributed by atoms with Gasteiger partial charge < -0.3 is 5.11 Å². The zero-order valence-corrected chi connectivity index (χ0v) is 9.67. The molecule has 0 amide bonds. The molecular formula is C10H19NO3S. The highest BCUT2D eigenvalue weighted by atomic mass is 32.2. The monoisotopic (exact) mass is 233 g/mol. The summed E-state index contributed by atoms with van der Waals surface area (Å²) in [6.45, 7) is 0.561. The second-order valence-electron chi connectivity index (χ2n) is 4.77. The van der Waals surface area contributed by atoms with E-state index in [2.05, 4.69) is 4.72 Å². The van der Waals surface area contributed by atoms with Gasteiger partial charge in [-0.2, -0.15) is 0 Å². The van der Waals surface area contributed by atoms with Crippen molar-refractivity contribution in [2.24, 2.45) is 5.92 Å². The summed E-state index contributed by atoms with van der Waals surface area (Å²) in [6, 6.07) is 0. The van der Waals surface area contributed by atoms with Gasteiger partial charge in [0.15, 0.2) is 0 Å². The van der Waals surface area contributed by atoms with Gasteiger partial charge in [0.2, 0.25) is 10.0 Å². The molecule has 88 valence electrons. The van der Waals surface area contributed by atoms with Gasteiger partial charge in [-0.3, -0.25) is 0 Å². The Kier molecular flexibility index (Phi) is 3.33. The highest BCUT2D eigenvalue weighted by molar-refractivity contribution is 7.90. The van der Waals surface area contributed by atoms with Gasteiger partial charge in [0, 0.05) is 6.54 Å². The van der Waals surface area contributed by atoms with Crippen molar-refractivity contribution in [2.75, 3.05) is 6.54 Å². The summed E-state index contributed by atoms with van der Waals surface area (Å²) in [7, 11) is -3.01. The van der Waals surface area contributed by atoms with Crippen LogP contribution in [-0.2, 0) is 10.0 Å². The van der Waals surface area contributed by atoms with Crippen molar-refractivity contribution >= 4 is 10.0 Å². The summed E-state index contributed by atoms with van der Waals surface area (Å²) in [5.41, 5.74) is 0. The van der Waals surface area contributed by atoms with Crippen LogP contribution in [0.2, 0.25) is 0 Å². The molecule has 2 rings (SSSR count). The Morgan fingerprint density at radius 3 is 2.20 bits per heavy atom. The summed E-state index contributed by atoms with van der Waals surface area (Å²) in [5.74, 6) is 0.418. The Hall–Kier alpha value is -0.130. The SMILES string of the molecule is O=S(=O)(NCC1CCC(O)CC1)C1CC1. The van der Waals surface area contributed by atoms with Crippen LogP contribution in [-0.4, -0.2) is 31.4 Å². The van der Waals surface area contributed by atoms with E-state index < -0.39 is 10.0 Å². The number of aliphatic hydroxyl groups excluding tert-OH is 1. The van der Waals surface area contributed by atoms with Crippen molar-refractivity contribution < 1.29 is 13.5 Å². The van der Waals surface area contributed by atoms with Crippen LogP contribution < -0.4 is 4.72 Å². The Labute approximate surface area is 91.1 Å². The number of rotatable bonds is 4. The highest BCUT2D eigenvalue weighted by Crippen LogP contribution is 2.28. The van der Waals surface area contributed by atoms with Gasteiger partial charge in [0.05, 0.1) is 11.4 Å². The van der Waals surface area contributed by atoms with E-state index in [4.69, 9.17) is 0 Å². The van der Waals surface area contributed by atoms with Crippen molar-refractivity contribution in [3.63, 3.8) is 0 Å². The normalized spacial score (nSPS) is 32.9. The molecule has 0 aromatic heterocycles. The molecule has 2 aliphatic rings. The Morgan fingerprint density at radius 2 is 1.67 bits per heavy atom. The molecule has 2 saturated carbocycles. The topological polar surface area (TPSA) is 66.4 Å². The maximum Gasteiger partial charge on any atom is 0.214 e. The molecule has 0 aromatic carbocycles. The number of nitrogens with one attached hydrogen (secondary N) is 1. The van der Waals surface area contributed by atoms with Crippen molar-refractivity contribution in [3.05, 3.63) is 0 Å². The van der Waals surface area contributed by atoms with Crippen LogP contribution in [0.5, 0.6) is 0 Å². The second-order valence-corrected chi connectivity index (χ2v) is 6.81. The molecule has 4 nitrogen and oxygen atoms in total. The number of hydrogen-bond acceptors (Lipinski definition) is 3. The summed E-state index contributed by atoms with van der Waals surface area (Å²) < 4.78 is 25.8. The molecule has 15 heavy (non-hydrogen) atoms. The fraction of sp³-hybridized carbons (Fsp3) is 1.00. The van der Waals surface area contributed by atoms with Gasteiger partial charge in [-0.05, 0) is 44.4 Å². The molecule has 2 aliphatic carbocycles. The molecule has 0 bridgehead atoms. The summed E-state index contributed by atoms with van der Waals surface area (Å²) in [6.07, 6.45) is 4.98. The number of hydrogen-bond donors (Lipinski definition) is 2. The molecule has 2 fully saturated rings. The summed E-state index contributed by atoms with van der Waals surface area (Å²) >= 11 is 0. The molecule has 0 unspecified atom stereocenters. The summed E-state index contributed by atoms with van der Waals surface area (Å²) in [5, 5.41) is 9.20. The first-order valence-corrected chi connectivity index (χ1v) is 7.29. The van der Waals surface area contributed by atoms with Crippen molar-refractivity contribution in [1.82, 2.24) is 4.72 Å². The Balaban J connectivity index is 1.73. The van der Waals surface area contributed by atoms with Gasteiger partial charge in [0.25, 0.3) is 0 Å². The average molecular weight is 233 g/mol. The number of sulfonamides is 1. The molecule has 0 aliphatic heterocycles. The highest BCUT2D eigenvalue weighted by Gasteiger charge is 2.35. The van der Waals surface area contributed by atoms with Crippen molar-refractivity contribution in [1.29, 1.82) is 0 Å². The largest absolute Gasteiger partial charge is 0.393 e. The Bertz CT molecular complexity index is 303. The van der Waals surface area contributed by atoms with Crippen LogP contribution >= 0.6 is 0 Å². The fourth-order valence-electron chi connectivity index (χ4n) is 2.08. The molecular weight excluding hydrogens is 214 g/mol. The van der Waals surface area contributed by atoms with Gasteiger partial charge in [-0.1, -0.05) is 0 Å². The smallest absolute Gasteiger partial charge is 0.214 e. The predicted octanol–water partition coefficient (Wildman–Crippen LogP) is 0.619. The molecule has 0 radical (unpaired) electrons. The van der Waals surface area contributed by atoms with Gasteiger partial charge in [0.1, 0.15) is 0 Å². The van der Waals surface area contributed by atoms with E-state index in [1.165, 1.54) is 0 Å². The van der Waals surface area contributed by atoms with Crippen LogP contribution in [0.3, 0.4) is 0 Å². The first-order valence-electron chi connectivity index (χ1n) is 5.74. The lowest BCUT2D eigenvalue weighted by atomic mass is 9.88. The molecule has 5 heteroatoms. The van der Waals surface area contributed by atoms with E-state index >= 15 is 0 Å². The third-order valence-electron chi connectivity index (χ3n) is 3.35. The molecule has 0 heterocycles. The maximum atomic E-state index is 11.5. The fourth-order valence-corrected chi connectivity index (χ4v) is 3.54. The van der Waals surface area contributed by atoms with E-state index in [0.29, 0.717) is 12.5 Å². The third-order valence-corrected chi connectivity index (χ3v) is 5.27. The van der Waals surface area contributed by atoms with E-state index in [1.54, 1.807) is 0 Å². The first-order chi connectivity index (χ1) is 7.08. The molecule has 0 spiro atoms. The van der Waals surface area contributed by atoms with Gasteiger partial charge in [-0.25, -0.2) is 13.1 Å². The minimum atomic E-state index is -3.01. The van der Waals surface area contributed by atoms with E-state index in [1.807, 2.05) is 0 Å². The van der Waals surface area contributed by atoms with Crippen molar-refractivity contribution in [3.8, 4) is 0 Å². The van der Waals surface area contributed by atoms with E-state index in [-0.39, 0.29) is 11.4 Å². The third kappa shape index (κ3) is 3.16. The zero-order chi connectivity index (χ0) is 10.9. The lowest BCUT2D eigenvalue weighted by molar-refractivity contribution is 0.109. The minimum Gasteiger partial charge on any atom is -0.393 e. The first kappa shape index (κ1) is 11.4. The number of aliphatic hydroxyl groups is 1. The van der Waals surface area contributed by atoms with Crippen LogP contribution in [0.4, 0.5) is 0 Å². The van der Waals surface area contributed by atoms with Gasteiger partial charge in [-0.15, -0.1) is 0 Å². The average Bonchev–Trinajstić information content (AvgIpc) is 3.00. The lowest BCUT2D eigenvalue weighted by Crippen LogP contribution is -2.34. The van der Waals surface area contributed by atoms with Crippen LogP contribution in [0.25, 0.3) is 0 Å². The minimum absolute atomic E-state index is 0.119. The lowest BCUT2D eigenvalue weighted by Gasteiger charge is -2.25. The molecule has 0 atom stereocenters. The second kappa shape index (κ2) is 4.39. The Morgan fingerprint density at radius 1 is 1.07 bits per heavy atom. The molecule has 0 aromatic rings. The quantitative estimate of drug-likeness (QED) is 0.748. The predicted molar refractivity (Wildman–Crippen MR) is 57.9 cm³/mol. The molecule has 2 N–H and O–H groups in total. The van der Waals surface area contributed by atoms with Crippen molar-refractivity contribution in [2.45, 2.75) is 49.9 Å². The summed E-state index contributed by atoms with van der Waals surface area (Å²) in [4.78, 5) is 0. The zero-order valence-electron chi connectivity index (χ0n) is 8.85. The van der Waals surface area contributed by atoms with Crippen LogP contribution in [0.1, 0.15) is 38.5 Å². The van der Waals surface area contributed by atoms with E-state index in [9.17, 15) is 13.5 Å². The molecule has 0 saturated heterocycles. The van der Waals surface area contributed by atoms with Gasteiger partial charge >= 0.3 is 0 Å². The standard InChI is InChI=1S/C10H19NO3S/c12-9-3-1-8(2-4-9)7-11-15(13,14)10-5-6-10/h8-12H,1-7H2. The van der Waals surface area contributed by atoms with Crippen LogP contribution in [0, 0.1) is 5.92 Å².